The van der Waals surface area contributed by atoms with E-state index in [0.29, 0.717) is 6.54 Å². The lowest BCUT2D eigenvalue weighted by Crippen LogP contribution is -3.15. The summed E-state index contributed by atoms with van der Waals surface area (Å²) in [6.45, 7) is 7.80. The second kappa shape index (κ2) is 8.82. The van der Waals surface area contributed by atoms with Crippen molar-refractivity contribution >= 4 is 17.4 Å². The van der Waals surface area contributed by atoms with Gasteiger partial charge in [0.15, 0.2) is 12.3 Å². The maximum atomic E-state index is 12.4. The summed E-state index contributed by atoms with van der Waals surface area (Å²) in [4.78, 5) is 27.4. The molecule has 0 bridgehead atoms. The lowest BCUT2D eigenvalue weighted by atomic mass is 10.1. The van der Waals surface area contributed by atoms with Crippen LogP contribution in [0.2, 0.25) is 0 Å². The minimum absolute atomic E-state index is 0.0270. The van der Waals surface area contributed by atoms with E-state index in [1.807, 2.05) is 61.5 Å². The normalized spacial score (nSPS) is 16.0. The first-order valence-corrected chi connectivity index (χ1v) is 9.57. The topological polar surface area (TPSA) is 53.9 Å². The lowest BCUT2D eigenvalue weighted by Gasteiger charge is -2.33. The van der Waals surface area contributed by atoms with Gasteiger partial charge in [-0.05, 0) is 43.7 Å². The van der Waals surface area contributed by atoms with Crippen LogP contribution in [0, 0.1) is 0 Å². The number of amides is 1. The van der Waals surface area contributed by atoms with Crippen molar-refractivity contribution in [2.24, 2.45) is 0 Å². The van der Waals surface area contributed by atoms with Crippen LogP contribution in [0.5, 0.6) is 0 Å². The van der Waals surface area contributed by atoms with Crippen LogP contribution in [0.3, 0.4) is 0 Å². The van der Waals surface area contributed by atoms with Crippen molar-refractivity contribution in [3.05, 3.63) is 65.7 Å². The first-order valence-electron chi connectivity index (χ1n) is 9.57. The van der Waals surface area contributed by atoms with Crippen LogP contribution in [-0.4, -0.2) is 44.4 Å². The molecule has 27 heavy (non-hydrogen) atoms. The zero-order valence-corrected chi connectivity index (χ0v) is 16.1. The number of rotatable bonds is 6. The van der Waals surface area contributed by atoms with Crippen molar-refractivity contribution < 1.29 is 14.5 Å². The fraction of sp³-hybridized carbons (Fsp3) is 0.364. The SMILES string of the molecule is CC(=O)c1ccc(N2CC[NH+](CC(=O)N[C@H](C)c3ccccc3)CC2)cc1. The molecule has 1 amide bonds. The third-order valence-electron chi connectivity index (χ3n) is 5.20. The Hall–Kier alpha value is -2.66. The van der Waals surface area contributed by atoms with Crippen LogP contribution in [0.1, 0.15) is 35.8 Å². The zero-order chi connectivity index (χ0) is 19.2. The smallest absolute Gasteiger partial charge is 0.275 e. The first kappa shape index (κ1) is 19.1. The molecular formula is C22H28N3O2+. The fourth-order valence-electron chi connectivity index (χ4n) is 3.51. The van der Waals surface area contributed by atoms with Gasteiger partial charge in [-0.3, -0.25) is 9.59 Å². The maximum absolute atomic E-state index is 12.4. The molecule has 5 heteroatoms. The number of hydrogen-bond acceptors (Lipinski definition) is 3. The number of nitrogens with zero attached hydrogens (tertiary/aromatic N) is 1. The summed E-state index contributed by atoms with van der Waals surface area (Å²) in [7, 11) is 0. The van der Waals surface area contributed by atoms with Gasteiger partial charge in [-0.15, -0.1) is 0 Å². The Kier molecular flexibility index (Phi) is 6.24. The molecule has 5 nitrogen and oxygen atoms in total. The molecule has 1 aliphatic heterocycles. The van der Waals surface area contributed by atoms with Crippen molar-refractivity contribution in [3.63, 3.8) is 0 Å². The van der Waals surface area contributed by atoms with Crippen LogP contribution in [0.15, 0.2) is 54.6 Å². The zero-order valence-electron chi connectivity index (χ0n) is 16.1. The summed E-state index contributed by atoms with van der Waals surface area (Å²) in [6, 6.07) is 17.9. The van der Waals surface area contributed by atoms with Crippen LogP contribution >= 0.6 is 0 Å². The highest BCUT2D eigenvalue weighted by Crippen LogP contribution is 2.15. The summed E-state index contributed by atoms with van der Waals surface area (Å²) in [5, 5.41) is 3.10. The summed E-state index contributed by atoms with van der Waals surface area (Å²) >= 11 is 0. The fourth-order valence-corrected chi connectivity index (χ4v) is 3.51. The molecular weight excluding hydrogens is 338 g/mol. The molecule has 0 spiro atoms. The number of nitrogens with one attached hydrogen (secondary N) is 2. The summed E-state index contributed by atoms with van der Waals surface area (Å²) < 4.78 is 0. The number of hydrogen-bond donors (Lipinski definition) is 2. The summed E-state index contributed by atoms with van der Waals surface area (Å²) in [5.41, 5.74) is 3.01. The van der Waals surface area contributed by atoms with Gasteiger partial charge in [-0.25, -0.2) is 0 Å². The van der Waals surface area contributed by atoms with E-state index in [1.165, 1.54) is 4.90 Å². The molecule has 3 rings (SSSR count). The Bertz CT molecular complexity index is 766. The number of ketones is 1. The van der Waals surface area contributed by atoms with Crippen LogP contribution in [-0.2, 0) is 4.79 Å². The molecule has 1 heterocycles. The highest BCUT2D eigenvalue weighted by atomic mass is 16.2. The van der Waals surface area contributed by atoms with Crippen molar-refractivity contribution in [2.75, 3.05) is 37.6 Å². The highest BCUT2D eigenvalue weighted by Gasteiger charge is 2.23. The minimum Gasteiger partial charge on any atom is -0.360 e. The number of piperazine rings is 1. The molecule has 1 saturated heterocycles. The predicted molar refractivity (Wildman–Crippen MR) is 107 cm³/mol. The van der Waals surface area contributed by atoms with Gasteiger partial charge < -0.3 is 15.1 Å². The van der Waals surface area contributed by atoms with Crippen LogP contribution < -0.4 is 15.1 Å². The highest BCUT2D eigenvalue weighted by molar-refractivity contribution is 5.94. The Balaban J connectivity index is 1.46. The van der Waals surface area contributed by atoms with Crippen LogP contribution in [0.25, 0.3) is 0 Å². The summed E-state index contributed by atoms with van der Waals surface area (Å²) in [6.07, 6.45) is 0. The van der Waals surface area contributed by atoms with E-state index >= 15 is 0 Å². The van der Waals surface area contributed by atoms with Crippen LogP contribution in [0.4, 0.5) is 5.69 Å². The number of carbonyl (C=O) groups is 2. The van der Waals surface area contributed by atoms with Gasteiger partial charge in [0.1, 0.15) is 0 Å². The second-order valence-electron chi connectivity index (χ2n) is 7.22. The van der Waals surface area contributed by atoms with Crippen molar-refractivity contribution in [1.29, 1.82) is 0 Å². The largest absolute Gasteiger partial charge is 0.360 e. The Labute approximate surface area is 161 Å². The van der Waals surface area contributed by atoms with Gasteiger partial charge in [0.25, 0.3) is 5.91 Å². The van der Waals surface area contributed by atoms with E-state index in [9.17, 15) is 9.59 Å². The third kappa shape index (κ3) is 5.17. The molecule has 1 aliphatic rings. The number of quaternary nitrogens is 1. The number of carbonyl (C=O) groups excluding carboxylic acids is 2. The van der Waals surface area contributed by atoms with E-state index < -0.39 is 0 Å². The van der Waals surface area contributed by atoms with Gasteiger partial charge in [0.05, 0.1) is 32.2 Å². The molecule has 2 aromatic rings. The van der Waals surface area contributed by atoms with Crippen molar-refractivity contribution in [2.45, 2.75) is 19.9 Å². The average Bonchev–Trinajstić information content (AvgIpc) is 2.69. The van der Waals surface area contributed by atoms with Crippen molar-refractivity contribution in [1.82, 2.24) is 5.32 Å². The molecule has 1 atom stereocenters. The van der Waals surface area contributed by atoms with Gasteiger partial charge in [0.2, 0.25) is 0 Å². The lowest BCUT2D eigenvalue weighted by molar-refractivity contribution is -0.892. The summed E-state index contributed by atoms with van der Waals surface area (Å²) in [5.74, 6) is 0.187. The monoisotopic (exact) mass is 366 g/mol. The van der Waals surface area contributed by atoms with Crippen molar-refractivity contribution in [3.8, 4) is 0 Å². The Morgan fingerprint density at radius 1 is 1.04 bits per heavy atom. The van der Waals surface area contributed by atoms with Gasteiger partial charge in [-0.1, -0.05) is 30.3 Å². The third-order valence-corrected chi connectivity index (χ3v) is 5.20. The molecule has 0 radical (unpaired) electrons. The number of benzene rings is 2. The minimum atomic E-state index is 0.0270. The Morgan fingerprint density at radius 3 is 2.26 bits per heavy atom. The second-order valence-corrected chi connectivity index (χ2v) is 7.22. The molecule has 2 N–H and O–H groups in total. The molecule has 0 aromatic heterocycles. The molecule has 0 aliphatic carbocycles. The molecule has 142 valence electrons. The van der Waals surface area contributed by atoms with E-state index in [2.05, 4.69) is 10.2 Å². The Morgan fingerprint density at radius 2 is 1.67 bits per heavy atom. The molecule has 1 fully saturated rings. The van der Waals surface area contributed by atoms with E-state index in [-0.39, 0.29) is 17.7 Å². The first-order chi connectivity index (χ1) is 13.0. The molecule has 0 saturated carbocycles. The average molecular weight is 366 g/mol. The van der Waals surface area contributed by atoms with Gasteiger partial charge in [0, 0.05) is 11.3 Å². The van der Waals surface area contributed by atoms with Gasteiger partial charge in [-0.2, -0.15) is 0 Å². The van der Waals surface area contributed by atoms with E-state index in [0.717, 1.165) is 43.0 Å². The van der Waals surface area contributed by atoms with E-state index in [4.69, 9.17) is 0 Å². The number of Topliss-reactive ketones (excluding diaryl/α,β-unsaturated/α-hetero) is 1. The van der Waals surface area contributed by atoms with E-state index in [1.54, 1.807) is 6.92 Å². The molecule has 2 aromatic carbocycles. The number of anilines is 1. The molecule has 0 unspecified atom stereocenters. The predicted octanol–water partition coefficient (Wildman–Crippen LogP) is 1.47. The maximum Gasteiger partial charge on any atom is 0.275 e. The quantitative estimate of drug-likeness (QED) is 0.762. The standard InChI is InChI=1S/C22H27N3O2/c1-17(19-6-4-3-5-7-19)23-22(27)16-24-12-14-25(15-13-24)21-10-8-20(9-11-21)18(2)26/h3-11,17H,12-16H2,1-2H3,(H,23,27)/p+1/t17-/m1/s1. The van der Waals surface area contributed by atoms with Gasteiger partial charge >= 0.3 is 0 Å².